The van der Waals surface area contributed by atoms with Gasteiger partial charge in [-0.15, -0.1) is 0 Å². The van der Waals surface area contributed by atoms with Crippen LogP contribution in [0.1, 0.15) is 30.5 Å². The Kier molecular flexibility index (Phi) is 7.74. The minimum atomic E-state index is 0.299. The van der Waals surface area contributed by atoms with E-state index in [0.29, 0.717) is 16.5 Å². The van der Waals surface area contributed by atoms with E-state index in [1.165, 1.54) is 0 Å². The molecule has 2 N–H and O–H groups in total. The molecular weight excluding hydrogens is 382 g/mol. The highest BCUT2D eigenvalue weighted by Gasteiger charge is 2.12. The zero-order valence-corrected chi connectivity index (χ0v) is 18.2. The zero-order valence-electron chi connectivity index (χ0n) is 17.5. The van der Waals surface area contributed by atoms with E-state index in [1.54, 1.807) is 19.3 Å². The van der Waals surface area contributed by atoms with Crippen molar-refractivity contribution in [2.45, 2.75) is 27.2 Å². The monoisotopic (exact) mass is 409 g/mol. The van der Waals surface area contributed by atoms with Gasteiger partial charge in [-0.05, 0) is 78.9 Å². The highest BCUT2D eigenvalue weighted by molar-refractivity contribution is 6.30. The molecule has 2 rings (SSSR count). The molecular formula is C25H28ClNO2. The predicted molar refractivity (Wildman–Crippen MR) is 124 cm³/mol. The van der Waals surface area contributed by atoms with Crippen LogP contribution in [0.5, 0.6) is 5.75 Å². The molecule has 4 heteroatoms. The van der Waals surface area contributed by atoms with E-state index in [0.717, 1.165) is 45.6 Å². The molecule has 0 aliphatic carbocycles. The lowest BCUT2D eigenvalue weighted by atomic mass is 9.97. The Balaban J connectivity index is 2.55. The van der Waals surface area contributed by atoms with Crippen LogP contribution in [0.25, 0.3) is 5.70 Å². The van der Waals surface area contributed by atoms with E-state index in [4.69, 9.17) is 16.3 Å². The van der Waals surface area contributed by atoms with Crippen LogP contribution in [0.3, 0.4) is 0 Å². The van der Waals surface area contributed by atoms with Gasteiger partial charge < -0.3 is 15.2 Å². The van der Waals surface area contributed by atoms with Crippen LogP contribution in [0.15, 0.2) is 78.6 Å². The van der Waals surface area contributed by atoms with Gasteiger partial charge in [0.15, 0.2) is 0 Å². The largest absolute Gasteiger partial charge is 0.508 e. The summed E-state index contributed by atoms with van der Waals surface area (Å²) in [5.74, 6) is 0.857. The number of aromatic hydroxyl groups is 1. The van der Waals surface area contributed by atoms with Crippen molar-refractivity contribution < 1.29 is 9.84 Å². The van der Waals surface area contributed by atoms with Gasteiger partial charge in [-0.2, -0.15) is 0 Å². The first-order chi connectivity index (χ1) is 13.8. The van der Waals surface area contributed by atoms with E-state index in [9.17, 15) is 5.11 Å². The number of allylic oxidation sites excluding steroid dienone is 4. The fourth-order valence-corrected chi connectivity index (χ4v) is 3.14. The molecule has 3 nitrogen and oxygen atoms in total. The van der Waals surface area contributed by atoms with Crippen LogP contribution >= 0.6 is 11.6 Å². The first kappa shape index (κ1) is 22.4. The summed E-state index contributed by atoms with van der Waals surface area (Å²) in [6.07, 6.45) is 4.41. The van der Waals surface area contributed by atoms with E-state index < -0.39 is 0 Å². The van der Waals surface area contributed by atoms with Crippen LogP contribution < -0.4 is 5.32 Å². The van der Waals surface area contributed by atoms with Crippen molar-refractivity contribution in [2.24, 2.45) is 0 Å². The zero-order chi connectivity index (χ0) is 21.6. The Morgan fingerprint density at radius 2 is 1.90 bits per heavy atom. The number of anilines is 1. The first-order valence-electron chi connectivity index (χ1n) is 9.43. The summed E-state index contributed by atoms with van der Waals surface area (Å²) in [5.41, 5.74) is 6.57. The van der Waals surface area contributed by atoms with E-state index in [-0.39, 0.29) is 0 Å². The minimum absolute atomic E-state index is 0.299. The molecule has 0 heterocycles. The van der Waals surface area contributed by atoms with Crippen LogP contribution in [-0.4, -0.2) is 12.2 Å². The molecule has 0 aromatic heterocycles. The van der Waals surface area contributed by atoms with Gasteiger partial charge in [0, 0.05) is 22.0 Å². The third-order valence-corrected chi connectivity index (χ3v) is 5.01. The molecule has 0 aliphatic heterocycles. The molecule has 0 amide bonds. The Morgan fingerprint density at radius 1 is 1.17 bits per heavy atom. The maximum atomic E-state index is 10.0. The predicted octanol–water partition coefficient (Wildman–Crippen LogP) is 7.03. The maximum Gasteiger partial charge on any atom is 0.118 e. The number of phenolic OH excluding ortho intramolecular Hbond substituents is 1. The van der Waals surface area contributed by atoms with Crippen molar-refractivity contribution >= 4 is 23.0 Å². The SMILES string of the molecule is C=C(/C=C\C(=C)/C(C)=C(/Nc1ccc(O)c(CC)c1)c1ccc(Cl)cc1C)OC. The molecule has 0 aliphatic rings. The normalized spacial score (nSPS) is 11.9. The molecule has 0 spiro atoms. The molecule has 0 atom stereocenters. The lowest BCUT2D eigenvalue weighted by Crippen LogP contribution is -2.05. The van der Waals surface area contributed by atoms with Gasteiger partial charge in [-0.3, -0.25) is 0 Å². The molecule has 152 valence electrons. The molecule has 0 radical (unpaired) electrons. The second-order valence-electron chi connectivity index (χ2n) is 6.81. The van der Waals surface area contributed by atoms with Crippen molar-refractivity contribution in [3.8, 4) is 5.75 Å². The Morgan fingerprint density at radius 3 is 2.52 bits per heavy atom. The number of halogens is 1. The van der Waals surface area contributed by atoms with Gasteiger partial charge in [0.2, 0.25) is 0 Å². The van der Waals surface area contributed by atoms with Crippen LogP contribution in [-0.2, 0) is 11.2 Å². The Hall–Kier alpha value is -2.91. The highest BCUT2D eigenvalue weighted by Crippen LogP contribution is 2.31. The summed E-state index contributed by atoms with van der Waals surface area (Å²) < 4.78 is 5.10. The third kappa shape index (κ3) is 5.78. The molecule has 0 fully saturated rings. The third-order valence-electron chi connectivity index (χ3n) is 4.78. The molecule has 0 saturated heterocycles. The molecule has 2 aromatic carbocycles. The summed E-state index contributed by atoms with van der Waals surface area (Å²) >= 11 is 6.16. The smallest absolute Gasteiger partial charge is 0.118 e. The van der Waals surface area contributed by atoms with Crippen LogP contribution in [0, 0.1) is 6.92 Å². The van der Waals surface area contributed by atoms with Crippen molar-refractivity contribution in [1.82, 2.24) is 0 Å². The van der Waals surface area contributed by atoms with Gasteiger partial charge in [0.25, 0.3) is 0 Å². The summed E-state index contributed by atoms with van der Waals surface area (Å²) in [6.45, 7) is 14.1. The van der Waals surface area contributed by atoms with E-state index in [1.807, 2.05) is 57.2 Å². The topological polar surface area (TPSA) is 41.5 Å². The molecule has 0 bridgehead atoms. The number of phenols is 1. The molecule has 0 unspecified atom stereocenters. The van der Waals surface area contributed by atoms with Crippen molar-refractivity contribution in [1.29, 1.82) is 0 Å². The molecule has 29 heavy (non-hydrogen) atoms. The van der Waals surface area contributed by atoms with E-state index >= 15 is 0 Å². The van der Waals surface area contributed by atoms with Crippen LogP contribution in [0.2, 0.25) is 5.02 Å². The first-order valence-corrected chi connectivity index (χ1v) is 9.81. The lowest BCUT2D eigenvalue weighted by molar-refractivity contribution is 0.309. The number of hydrogen-bond acceptors (Lipinski definition) is 3. The molecule has 2 aromatic rings. The number of rotatable bonds is 8. The van der Waals surface area contributed by atoms with Gasteiger partial charge in [-0.1, -0.05) is 43.8 Å². The maximum absolute atomic E-state index is 10.0. The highest BCUT2D eigenvalue weighted by atomic mass is 35.5. The van der Waals surface area contributed by atoms with Crippen molar-refractivity contribution in [3.05, 3.63) is 100 Å². The second kappa shape index (κ2) is 10.0. The number of ether oxygens (including phenoxy) is 1. The fourth-order valence-electron chi connectivity index (χ4n) is 2.91. The van der Waals surface area contributed by atoms with Gasteiger partial charge in [0.1, 0.15) is 11.5 Å². The number of methoxy groups -OCH3 is 1. The van der Waals surface area contributed by atoms with E-state index in [2.05, 4.69) is 18.5 Å². The quantitative estimate of drug-likeness (QED) is 0.279. The second-order valence-corrected chi connectivity index (χ2v) is 7.25. The average Bonchev–Trinajstić information content (AvgIpc) is 2.71. The Bertz CT molecular complexity index is 986. The number of aryl methyl sites for hydroxylation is 2. The van der Waals surface area contributed by atoms with Crippen LogP contribution in [0.4, 0.5) is 5.69 Å². The van der Waals surface area contributed by atoms with Crippen molar-refractivity contribution in [2.75, 3.05) is 12.4 Å². The Labute approximate surface area is 178 Å². The number of nitrogens with one attached hydrogen (secondary N) is 1. The summed E-state index contributed by atoms with van der Waals surface area (Å²) in [7, 11) is 1.58. The minimum Gasteiger partial charge on any atom is -0.508 e. The summed E-state index contributed by atoms with van der Waals surface area (Å²) in [5, 5.41) is 14.2. The number of benzene rings is 2. The summed E-state index contributed by atoms with van der Waals surface area (Å²) in [6, 6.07) is 11.3. The van der Waals surface area contributed by atoms with Gasteiger partial charge >= 0.3 is 0 Å². The standard InChI is InChI=1S/C25H28ClNO2/c1-7-20-15-22(11-13-24(20)28)27-25(23-12-10-21(26)14-17(23)3)19(5)16(2)8-9-18(4)29-6/h8-15,27-28H,2,4,7H2,1,3,5-6H3/b9-8-,25-19+. The fraction of sp³-hybridized carbons (Fsp3) is 0.200. The molecule has 0 saturated carbocycles. The number of hydrogen-bond donors (Lipinski definition) is 2. The van der Waals surface area contributed by atoms with Gasteiger partial charge in [-0.25, -0.2) is 0 Å². The lowest BCUT2D eigenvalue weighted by Gasteiger charge is -2.19. The average molecular weight is 410 g/mol. The summed E-state index contributed by atoms with van der Waals surface area (Å²) in [4.78, 5) is 0. The van der Waals surface area contributed by atoms with Gasteiger partial charge in [0.05, 0.1) is 7.11 Å². The van der Waals surface area contributed by atoms with Crippen molar-refractivity contribution in [3.63, 3.8) is 0 Å².